The molecule has 3 aromatic carbocycles. The highest BCUT2D eigenvalue weighted by Gasteiger charge is 2.26. The molecule has 0 spiro atoms. The number of hydrogen-bond donors (Lipinski definition) is 1. The van der Waals surface area contributed by atoms with Crippen molar-refractivity contribution in [2.24, 2.45) is 0 Å². The molecular formula is C24H24N2O3S. The molecule has 1 aliphatic heterocycles. The maximum absolute atomic E-state index is 12.9. The second kappa shape index (κ2) is 8.42. The number of nitrogens with zero attached hydrogens (tertiary/aromatic N) is 1. The van der Waals surface area contributed by atoms with Crippen LogP contribution < -0.4 is 9.62 Å². The fourth-order valence-electron chi connectivity index (χ4n) is 3.80. The molecule has 5 nitrogen and oxygen atoms in total. The molecule has 0 saturated carbocycles. The number of nitrogens with one attached hydrogen (secondary N) is 1. The number of aryl methyl sites for hydroxylation is 1. The van der Waals surface area contributed by atoms with E-state index < -0.39 is 10.0 Å². The lowest BCUT2D eigenvalue weighted by molar-refractivity contribution is 0.0985. The number of anilines is 1. The van der Waals surface area contributed by atoms with Gasteiger partial charge in [-0.25, -0.2) is 13.1 Å². The van der Waals surface area contributed by atoms with Crippen LogP contribution in [0.4, 0.5) is 5.69 Å². The van der Waals surface area contributed by atoms with E-state index >= 15 is 0 Å². The summed E-state index contributed by atoms with van der Waals surface area (Å²) in [7, 11) is -3.68. The molecule has 0 bridgehead atoms. The van der Waals surface area contributed by atoms with Crippen molar-refractivity contribution >= 4 is 21.6 Å². The van der Waals surface area contributed by atoms with Gasteiger partial charge in [-0.2, -0.15) is 0 Å². The van der Waals surface area contributed by atoms with Crippen molar-refractivity contribution in [3.63, 3.8) is 0 Å². The van der Waals surface area contributed by atoms with E-state index in [-0.39, 0.29) is 16.8 Å². The molecule has 1 heterocycles. The molecule has 154 valence electrons. The van der Waals surface area contributed by atoms with Gasteiger partial charge in [0.25, 0.3) is 5.91 Å². The molecule has 6 heteroatoms. The highest BCUT2D eigenvalue weighted by Crippen LogP contribution is 2.31. The Bertz CT molecular complexity index is 1150. The summed E-state index contributed by atoms with van der Waals surface area (Å²) < 4.78 is 28.6. The zero-order valence-electron chi connectivity index (χ0n) is 16.8. The normalized spacial score (nSPS) is 14.8. The third-order valence-corrected chi connectivity index (χ3v) is 6.92. The Morgan fingerprint density at radius 3 is 2.33 bits per heavy atom. The number of benzene rings is 3. The molecule has 30 heavy (non-hydrogen) atoms. The maximum Gasteiger partial charge on any atom is 0.258 e. The number of carbonyl (C=O) groups is 1. The van der Waals surface area contributed by atoms with Gasteiger partial charge in [0.15, 0.2) is 0 Å². The minimum absolute atomic E-state index is 0.0667. The first kappa shape index (κ1) is 20.3. The molecule has 0 aliphatic carbocycles. The summed E-state index contributed by atoms with van der Waals surface area (Å²) in [6.07, 6.45) is 1.54. The Morgan fingerprint density at radius 1 is 0.967 bits per heavy atom. The van der Waals surface area contributed by atoms with Crippen LogP contribution in [0.5, 0.6) is 0 Å². The van der Waals surface area contributed by atoms with E-state index in [9.17, 15) is 13.2 Å². The van der Waals surface area contributed by atoms with Crippen LogP contribution in [0.25, 0.3) is 0 Å². The van der Waals surface area contributed by atoms with Gasteiger partial charge >= 0.3 is 0 Å². The van der Waals surface area contributed by atoms with Crippen molar-refractivity contribution in [2.45, 2.75) is 30.7 Å². The van der Waals surface area contributed by atoms with Crippen LogP contribution in [0.15, 0.2) is 83.8 Å². The lowest BCUT2D eigenvalue weighted by atomic mass is 10.0. The summed E-state index contributed by atoms with van der Waals surface area (Å²) >= 11 is 0. The first-order valence-corrected chi connectivity index (χ1v) is 11.5. The SMILES string of the molecule is C[C@@H](NS(=O)(=O)c1ccc2c(c1)CCCN2C(=O)c1ccccc1)c1ccccc1. The standard InChI is InChI=1S/C24H24N2O3S/c1-18(19-9-4-2-5-10-19)25-30(28,29)22-14-15-23-21(17-22)13-8-16-26(23)24(27)20-11-6-3-7-12-20/h2-7,9-12,14-15,17-18,25H,8,13,16H2,1H3/t18-/m1/s1. The van der Waals surface area contributed by atoms with Gasteiger partial charge in [0.05, 0.1) is 4.90 Å². The molecule has 1 N–H and O–H groups in total. The molecule has 0 fully saturated rings. The molecule has 0 unspecified atom stereocenters. The molecule has 3 aromatic rings. The fraction of sp³-hybridized carbons (Fsp3) is 0.208. The van der Waals surface area contributed by atoms with Gasteiger partial charge in [0, 0.05) is 23.8 Å². The smallest absolute Gasteiger partial charge is 0.258 e. The highest BCUT2D eigenvalue weighted by molar-refractivity contribution is 7.89. The summed E-state index contributed by atoms with van der Waals surface area (Å²) in [6, 6.07) is 23.3. The average molecular weight is 421 g/mol. The van der Waals surface area contributed by atoms with Crippen molar-refractivity contribution < 1.29 is 13.2 Å². The van der Waals surface area contributed by atoms with Crippen LogP contribution in [-0.4, -0.2) is 20.9 Å². The monoisotopic (exact) mass is 420 g/mol. The third kappa shape index (κ3) is 4.15. The Labute approximate surface area is 177 Å². The summed E-state index contributed by atoms with van der Waals surface area (Å²) in [5.74, 6) is -0.0667. The Kier molecular flexibility index (Phi) is 5.70. The highest BCUT2D eigenvalue weighted by atomic mass is 32.2. The number of carbonyl (C=O) groups excluding carboxylic acids is 1. The van der Waals surface area contributed by atoms with E-state index in [1.807, 2.05) is 55.5 Å². The van der Waals surface area contributed by atoms with Gasteiger partial charge in [0.1, 0.15) is 0 Å². The van der Waals surface area contributed by atoms with Crippen LogP contribution >= 0.6 is 0 Å². The van der Waals surface area contributed by atoms with E-state index in [1.165, 1.54) is 0 Å². The fourth-order valence-corrected chi connectivity index (χ4v) is 5.08. The van der Waals surface area contributed by atoms with Crippen molar-refractivity contribution in [3.8, 4) is 0 Å². The van der Waals surface area contributed by atoms with Crippen LogP contribution in [0, 0.1) is 0 Å². The number of rotatable bonds is 5. The Balaban J connectivity index is 1.60. The maximum atomic E-state index is 12.9. The summed E-state index contributed by atoms with van der Waals surface area (Å²) in [5, 5.41) is 0. The van der Waals surface area contributed by atoms with E-state index in [1.54, 1.807) is 35.2 Å². The summed E-state index contributed by atoms with van der Waals surface area (Å²) in [6.45, 7) is 2.45. The molecule has 1 atom stereocenters. The zero-order chi connectivity index (χ0) is 21.1. The predicted molar refractivity (Wildman–Crippen MR) is 118 cm³/mol. The largest absolute Gasteiger partial charge is 0.308 e. The average Bonchev–Trinajstić information content (AvgIpc) is 2.78. The van der Waals surface area contributed by atoms with E-state index in [0.717, 1.165) is 29.7 Å². The summed E-state index contributed by atoms with van der Waals surface area (Å²) in [5.41, 5.74) is 3.19. The van der Waals surface area contributed by atoms with Crippen LogP contribution in [0.1, 0.15) is 40.9 Å². The topological polar surface area (TPSA) is 66.5 Å². The number of hydrogen-bond acceptors (Lipinski definition) is 3. The van der Waals surface area contributed by atoms with Gasteiger partial charge in [0.2, 0.25) is 10.0 Å². The molecule has 0 radical (unpaired) electrons. The van der Waals surface area contributed by atoms with Gasteiger partial charge < -0.3 is 4.90 Å². The number of fused-ring (bicyclic) bond motifs is 1. The quantitative estimate of drug-likeness (QED) is 0.669. The molecule has 1 amide bonds. The number of sulfonamides is 1. The van der Waals surface area contributed by atoms with Crippen molar-refractivity contribution in [1.82, 2.24) is 4.72 Å². The molecule has 1 aliphatic rings. The third-order valence-electron chi connectivity index (χ3n) is 5.38. The second-order valence-electron chi connectivity index (χ2n) is 7.47. The van der Waals surface area contributed by atoms with Crippen LogP contribution in [0.3, 0.4) is 0 Å². The Morgan fingerprint density at radius 2 is 1.63 bits per heavy atom. The zero-order valence-corrected chi connectivity index (χ0v) is 17.6. The minimum atomic E-state index is -3.68. The Hall–Kier alpha value is -2.96. The minimum Gasteiger partial charge on any atom is -0.308 e. The van der Waals surface area contributed by atoms with Crippen molar-refractivity contribution in [2.75, 3.05) is 11.4 Å². The van der Waals surface area contributed by atoms with E-state index in [0.29, 0.717) is 12.1 Å². The molecule has 4 rings (SSSR count). The molecular weight excluding hydrogens is 396 g/mol. The predicted octanol–water partition coefficient (Wildman–Crippen LogP) is 4.32. The van der Waals surface area contributed by atoms with E-state index in [2.05, 4.69) is 4.72 Å². The lowest BCUT2D eigenvalue weighted by Crippen LogP contribution is -2.35. The van der Waals surface area contributed by atoms with Gasteiger partial charge in [-0.3, -0.25) is 4.79 Å². The first-order valence-electron chi connectivity index (χ1n) is 10.0. The van der Waals surface area contributed by atoms with Gasteiger partial charge in [-0.15, -0.1) is 0 Å². The van der Waals surface area contributed by atoms with Crippen molar-refractivity contribution in [3.05, 3.63) is 95.6 Å². The second-order valence-corrected chi connectivity index (χ2v) is 9.18. The van der Waals surface area contributed by atoms with Crippen LogP contribution in [-0.2, 0) is 16.4 Å². The number of amides is 1. The first-order chi connectivity index (χ1) is 14.5. The van der Waals surface area contributed by atoms with E-state index in [4.69, 9.17) is 0 Å². The van der Waals surface area contributed by atoms with Gasteiger partial charge in [-0.05, 0) is 61.2 Å². The van der Waals surface area contributed by atoms with Crippen molar-refractivity contribution in [1.29, 1.82) is 0 Å². The summed E-state index contributed by atoms with van der Waals surface area (Å²) in [4.78, 5) is 14.9. The molecule has 0 aromatic heterocycles. The van der Waals surface area contributed by atoms with Gasteiger partial charge in [-0.1, -0.05) is 48.5 Å². The molecule has 0 saturated heterocycles. The lowest BCUT2D eigenvalue weighted by Gasteiger charge is -2.30. The van der Waals surface area contributed by atoms with Crippen LogP contribution in [0.2, 0.25) is 0 Å².